The molecule has 2 N–H and O–H groups in total. The van der Waals surface area contributed by atoms with E-state index >= 15 is 0 Å². The van der Waals surface area contributed by atoms with Crippen LogP contribution in [0.4, 0.5) is 4.39 Å². The van der Waals surface area contributed by atoms with E-state index in [4.69, 9.17) is 18.5 Å². The van der Waals surface area contributed by atoms with E-state index in [2.05, 4.69) is 15.1 Å². The van der Waals surface area contributed by atoms with Gasteiger partial charge in [-0.15, -0.1) is 0 Å². The van der Waals surface area contributed by atoms with Gasteiger partial charge in [0, 0.05) is 24.0 Å². The molecule has 41 heavy (non-hydrogen) atoms. The molecule has 2 aromatic heterocycles. The van der Waals surface area contributed by atoms with E-state index in [1.807, 2.05) is 13.8 Å². The van der Waals surface area contributed by atoms with Crippen molar-refractivity contribution >= 4 is 14.5 Å². The zero-order valence-electron chi connectivity index (χ0n) is 23.9. The summed E-state index contributed by atoms with van der Waals surface area (Å²) in [5.74, 6) is -0.461. The van der Waals surface area contributed by atoms with Crippen LogP contribution in [0.25, 0.3) is 11.3 Å². The topological polar surface area (TPSA) is 134 Å². The van der Waals surface area contributed by atoms with Crippen LogP contribution >= 0.6 is 8.53 Å². The number of aromatic nitrogens is 3. The Kier molecular flexibility index (Phi) is 11.7. The minimum absolute atomic E-state index is 0.0693. The van der Waals surface area contributed by atoms with E-state index in [0.717, 1.165) is 5.56 Å². The summed E-state index contributed by atoms with van der Waals surface area (Å²) in [6.07, 6.45) is 2.00. The fraction of sp³-hybridized carbons (Fsp3) is 0.429. The normalized spacial score (nSPS) is 14.3. The summed E-state index contributed by atoms with van der Waals surface area (Å²) in [6.45, 7) is 10.6. The number of aryl methyl sites for hydroxylation is 1. The van der Waals surface area contributed by atoms with Gasteiger partial charge in [-0.25, -0.2) is 14.3 Å². The van der Waals surface area contributed by atoms with Crippen LogP contribution in [-0.4, -0.2) is 45.4 Å². The zero-order chi connectivity index (χ0) is 30.1. The second-order valence-electron chi connectivity index (χ2n) is 9.57. The van der Waals surface area contributed by atoms with Crippen molar-refractivity contribution in [3.05, 3.63) is 81.0 Å². The molecule has 0 fully saturated rings. The average molecular weight is 591 g/mol. The number of ether oxygens (including phenoxy) is 2. The summed E-state index contributed by atoms with van der Waals surface area (Å²) in [7, 11) is -1.88. The number of esters is 1. The number of halogens is 1. The molecule has 0 amide bonds. The molecule has 11 nitrogen and oxygen atoms in total. The van der Waals surface area contributed by atoms with Gasteiger partial charge in [-0.1, -0.05) is 6.92 Å². The molecule has 3 rings (SSSR count). The second kappa shape index (κ2) is 15.0. The van der Waals surface area contributed by atoms with Gasteiger partial charge in [0.15, 0.2) is 0 Å². The number of carbonyl (C=O) groups is 1. The maximum Gasteiger partial charge on any atom is 0.330 e. The number of hydrogen-bond donors (Lipinski definition) is 2. The number of pyridine rings is 1. The molecule has 4 atom stereocenters. The van der Waals surface area contributed by atoms with Crippen molar-refractivity contribution in [2.24, 2.45) is 0 Å². The largest absolute Gasteiger partial charge is 0.462 e. The number of benzene rings is 1. The van der Waals surface area contributed by atoms with Gasteiger partial charge < -0.3 is 18.5 Å². The van der Waals surface area contributed by atoms with Crippen LogP contribution in [-0.2, 0) is 18.8 Å². The van der Waals surface area contributed by atoms with Gasteiger partial charge in [-0.05, 0) is 76.9 Å². The zero-order valence-corrected chi connectivity index (χ0v) is 24.8. The van der Waals surface area contributed by atoms with Crippen molar-refractivity contribution in [3.8, 4) is 17.0 Å². The molecule has 3 aromatic rings. The smallest absolute Gasteiger partial charge is 0.330 e. The molecule has 0 aliphatic rings. The molecule has 2 heterocycles. The minimum atomic E-state index is -1.88. The third kappa shape index (κ3) is 9.29. The Labute approximate surface area is 239 Å². The molecule has 1 aromatic carbocycles. The van der Waals surface area contributed by atoms with E-state index in [1.54, 1.807) is 45.9 Å². The van der Waals surface area contributed by atoms with Crippen molar-refractivity contribution in [2.45, 2.75) is 72.4 Å². The quantitative estimate of drug-likeness (QED) is 0.204. The highest BCUT2D eigenvalue weighted by atomic mass is 31.2. The molecule has 0 bridgehead atoms. The van der Waals surface area contributed by atoms with Crippen LogP contribution in [0.2, 0.25) is 0 Å². The van der Waals surface area contributed by atoms with Gasteiger partial charge >= 0.3 is 20.2 Å². The van der Waals surface area contributed by atoms with Crippen molar-refractivity contribution in [1.82, 2.24) is 19.6 Å². The second-order valence-corrected chi connectivity index (χ2v) is 10.8. The highest BCUT2D eigenvalue weighted by molar-refractivity contribution is 7.45. The van der Waals surface area contributed by atoms with E-state index in [9.17, 15) is 18.8 Å². The summed E-state index contributed by atoms with van der Waals surface area (Å²) in [5, 5.41) is 3.05. The van der Waals surface area contributed by atoms with Crippen molar-refractivity contribution in [2.75, 3.05) is 6.61 Å². The minimum Gasteiger partial charge on any atom is -0.462 e. The number of nitrogens with one attached hydrogen (secondary N) is 2. The molecule has 3 unspecified atom stereocenters. The third-order valence-electron chi connectivity index (χ3n) is 5.87. The number of H-pyrrole nitrogens is 1. The van der Waals surface area contributed by atoms with Gasteiger partial charge in [-0.3, -0.25) is 24.1 Å². The van der Waals surface area contributed by atoms with Crippen LogP contribution in [0.1, 0.15) is 52.8 Å². The Bertz CT molecular complexity index is 1430. The lowest BCUT2D eigenvalue weighted by Crippen LogP contribution is -2.36. The summed E-state index contributed by atoms with van der Waals surface area (Å²) >= 11 is 0. The van der Waals surface area contributed by atoms with Gasteiger partial charge in [0.05, 0.1) is 18.8 Å². The van der Waals surface area contributed by atoms with Gasteiger partial charge in [-0.2, -0.15) is 0 Å². The molecule has 0 aliphatic heterocycles. The average Bonchev–Trinajstić information content (AvgIpc) is 2.91. The molecule has 13 heteroatoms. The number of nitrogens with zero attached hydrogens (tertiary/aromatic N) is 2. The fourth-order valence-corrected chi connectivity index (χ4v) is 4.94. The molecule has 0 saturated carbocycles. The van der Waals surface area contributed by atoms with Crippen molar-refractivity contribution < 1.29 is 27.7 Å². The van der Waals surface area contributed by atoms with Crippen molar-refractivity contribution in [1.29, 1.82) is 0 Å². The highest BCUT2D eigenvalue weighted by Gasteiger charge is 2.25. The number of carbonyl (C=O) groups excluding carboxylic acids is 1. The van der Waals surface area contributed by atoms with E-state index < -0.39 is 49.9 Å². The molecule has 222 valence electrons. The third-order valence-corrected chi connectivity index (χ3v) is 7.23. The lowest BCUT2D eigenvalue weighted by Gasteiger charge is -2.26. The number of aromatic amines is 1. The molecule has 0 aliphatic carbocycles. The maximum atomic E-state index is 14.3. The van der Waals surface area contributed by atoms with Crippen LogP contribution < -0.4 is 20.9 Å². The van der Waals surface area contributed by atoms with Crippen molar-refractivity contribution in [3.63, 3.8) is 0 Å². The standard InChI is InChI=1S/C28H36FN4O7P/c1-7-21(39-20(6)33-14-12-25(34)31-28(33)36)16-37-41(32-19(5)27(35)38-17(2)3)40-22-10-11-23(18(4)15-22)26-24(29)9-8-13-30-26/h8-15,17,19-21,32H,7,16H2,1-6H3,(H,31,34,36)/t19-,20?,21?,41?/m0/s1. The molecule has 0 radical (unpaired) electrons. The highest BCUT2D eigenvalue weighted by Crippen LogP contribution is 2.38. The van der Waals surface area contributed by atoms with Crippen LogP contribution in [0.15, 0.2) is 58.4 Å². The van der Waals surface area contributed by atoms with Crippen LogP contribution in [0.3, 0.4) is 0 Å². The van der Waals surface area contributed by atoms with E-state index in [1.165, 1.54) is 35.2 Å². The maximum absolute atomic E-state index is 14.3. The van der Waals surface area contributed by atoms with E-state index in [-0.39, 0.29) is 18.4 Å². The Morgan fingerprint density at radius 2 is 1.93 bits per heavy atom. The fourth-order valence-electron chi connectivity index (χ4n) is 3.74. The first-order valence-corrected chi connectivity index (χ1v) is 14.4. The first kappa shape index (κ1) is 32.1. The number of rotatable bonds is 14. The molecule has 0 spiro atoms. The van der Waals surface area contributed by atoms with Gasteiger partial charge in [0.2, 0.25) is 0 Å². The van der Waals surface area contributed by atoms with E-state index in [0.29, 0.717) is 17.7 Å². The lowest BCUT2D eigenvalue weighted by molar-refractivity contribution is -0.149. The van der Waals surface area contributed by atoms with Gasteiger partial charge in [0.1, 0.15) is 29.5 Å². The summed E-state index contributed by atoms with van der Waals surface area (Å²) in [4.78, 5) is 42.4. The Morgan fingerprint density at radius 3 is 2.56 bits per heavy atom. The molecular formula is C28H36FN4O7P. The molecular weight excluding hydrogens is 554 g/mol. The molecule has 0 saturated heterocycles. The first-order valence-electron chi connectivity index (χ1n) is 13.2. The monoisotopic (exact) mass is 590 g/mol. The van der Waals surface area contributed by atoms with Crippen LogP contribution in [0.5, 0.6) is 5.75 Å². The predicted octanol–water partition coefficient (Wildman–Crippen LogP) is 4.61. The Hall–Kier alpha value is -3.44. The Balaban J connectivity index is 1.75. The first-order chi connectivity index (χ1) is 19.5. The van der Waals surface area contributed by atoms with Crippen LogP contribution in [0, 0.1) is 12.7 Å². The summed E-state index contributed by atoms with van der Waals surface area (Å²) < 4.78 is 39.1. The lowest BCUT2D eigenvalue weighted by atomic mass is 10.0. The SMILES string of the molecule is CCC(COP(N[C@@H](C)C(=O)OC(C)C)Oc1ccc(-c2ncccc2F)c(C)c1)OC(C)n1ccc(=O)[nH]c1=O. The predicted molar refractivity (Wildman–Crippen MR) is 153 cm³/mol. The van der Waals surface area contributed by atoms with Gasteiger partial charge in [0.25, 0.3) is 5.56 Å². The summed E-state index contributed by atoms with van der Waals surface area (Å²) in [6, 6.07) is 8.49. The summed E-state index contributed by atoms with van der Waals surface area (Å²) in [5.41, 5.74) is 0.499. The Morgan fingerprint density at radius 1 is 1.17 bits per heavy atom. The number of hydrogen-bond acceptors (Lipinski definition) is 9.